The number of carbonyl (C=O) groups is 1. The molecule has 4 nitrogen and oxygen atoms in total. The SMILES string of the molecule is Nc1ccc(C(=O)O)c(OCc2cc(F)ccc2Br)c1. The van der Waals surface area contributed by atoms with Crippen LogP contribution in [0.1, 0.15) is 15.9 Å². The van der Waals surface area contributed by atoms with Gasteiger partial charge in [-0.2, -0.15) is 0 Å². The van der Waals surface area contributed by atoms with Crippen molar-refractivity contribution >= 4 is 27.6 Å². The van der Waals surface area contributed by atoms with Crippen LogP contribution in [0.4, 0.5) is 10.1 Å². The first-order valence-corrected chi connectivity index (χ1v) is 6.46. The lowest BCUT2D eigenvalue weighted by Crippen LogP contribution is -2.04. The molecule has 2 aromatic carbocycles. The summed E-state index contributed by atoms with van der Waals surface area (Å²) in [5.74, 6) is -1.36. The van der Waals surface area contributed by atoms with Gasteiger partial charge in [-0.1, -0.05) is 15.9 Å². The predicted molar refractivity (Wildman–Crippen MR) is 76.2 cm³/mol. The van der Waals surface area contributed by atoms with E-state index >= 15 is 0 Å². The monoisotopic (exact) mass is 339 g/mol. The molecule has 0 saturated heterocycles. The first-order chi connectivity index (χ1) is 9.47. The maximum atomic E-state index is 13.2. The number of nitrogens with two attached hydrogens (primary N) is 1. The molecule has 0 heterocycles. The highest BCUT2D eigenvalue weighted by Gasteiger charge is 2.12. The minimum atomic E-state index is -1.11. The Bertz CT molecular complexity index is 661. The third-order valence-corrected chi connectivity index (χ3v) is 3.40. The zero-order valence-electron chi connectivity index (χ0n) is 10.3. The largest absolute Gasteiger partial charge is 0.488 e. The van der Waals surface area contributed by atoms with Crippen molar-refractivity contribution in [3.8, 4) is 5.75 Å². The van der Waals surface area contributed by atoms with Crippen LogP contribution in [-0.4, -0.2) is 11.1 Å². The second kappa shape index (κ2) is 5.92. The molecule has 0 aliphatic carbocycles. The number of nitrogen functional groups attached to an aromatic ring is 1. The van der Waals surface area contributed by atoms with Crippen LogP contribution in [0.3, 0.4) is 0 Å². The van der Waals surface area contributed by atoms with Crippen LogP contribution in [0.15, 0.2) is 40.9 Å². The summed E-state index contributed by atoms with van der Waals surface area (Å²) in [6.45, 7) is 0.0298. The second-order valence-electron chi connectivity index (χ2n) is 4.09. The Morgan fingerprint density at radius 3 is 2.75 bits per heavy atom. The number of anilines is 1. The summed E-state index contributed by atoms with van der Waals surface area (Å²) in [5.41, 5.74) is 6.58. The molecule has 0 aromatic heterocycles. The third kappa shape index (κ3) is 3.27. The van der Waals surface area contributed by atoms with E-state index in [1.165, 1.54) is 30.3 Å². The highest BCUT2D eigenvalue weighted by Crippen LogP contribution is 2.25. The lowest BCUT2D eigenvalue weighted by Gasteiger charge is -2.11. The average Bonchev–Trinajstić information content (AvgIpc) is 2.39. The summed E-state index contributed by atoms with van der Waals surface area (Å²) in [6, 6.07) is 8.47. The number of aromatic carboxylic acids is 1. The Labute approximate surface area is 123 Å². The molecule has 0 spiro atoms. The van der Waals surface area contributed by atoms with E-state index in [1.54, 1.807) is 6.07 Å². The van der Waals surface area contributed by atoms with Crippen molar-refractivity contribution in [3.63, 3.8) is 0 Å². The van der Waals surface area contributed by atoms with Gasteiger partial charge in [-0.05, 0) is 30.3 Å². The molecule has 0 aliphatic rings. The van der Waals surface area contributed by atoms with E-state index in [0.29, 0.717) is 15.7 Å². The van der Waals surface area contributed by atoms with Crippen LogP contribution in [0.2, 0.25) is 0 Å². The van der Waals surface area contributed by atoms with Gasteiger partial charge < -0.3 is 15.6 Å². The average molecular weight is 340 g/mol. The number of carboxylic acids is 1. The zero-order chi connectivity index (χ0) is 14.7. The maximum absolute atomic E-state index is 13.2. The highest BCUT2D eigenvalue weighted by molar-refractivity contribution is 9.10. The lowest BCUT2D eigenvalue weighted by molar-refractivity contribution is 0.0692. The first kappa shape index (κ1) is 14.3. The van der Waals surface area contributed by atoms with Crippen LogP contribution in [0.5, 0.6) is 5.75 Å². The Morgan fingerprint density at radius 1 is 1.30 bits per heavy atom. The number of halogens is 2. The number of hydrogen-bond acceptors (Lipinski definition) is 3. The fourth-order valence-electron chi connectivity index (χ4n) is 1.64. The van der Waals surface area contributed by atoms with Crippen molar-refractivity contribution in [1.29, 1.82) is 0 Å². The summed E-state index contributed by atoms with van der Waals surface area (Å²) in [6.07, 6.45) is 0. The number of hydrogen-bond donors (Lipinski definition) is 2. The summed E-state index contributed by atoms with van der Waals surface area (Å²) in [5, 5.41) is 9.06. The van der Waals surface area contributed by atoms with Crippen molar-refractivity contribution in [2.75, 3.05) is 5.73 Å². The van der Waals surface area contributed by atoms with E-state index in [4.69, 9.17) is 15.6 Å². The molecule has 0 unspecified atom stereocenters. The van der Waals surface area contributed by atoms with Gasteiger partial charge in [0.15, 0.2) is 0 Å². The minimum Gasteiger partial charge on any atom is -0.488 e. The summed E-state index contributed by atoms with van der Waals surface area (Å²) in [7, 11) is 0. The fraction of sp³-hybridized carbons (Fsp3) is 0.0714. The van der Waals surface area contributed by atoms with Crippen molar-refractivity contribution in [2.24, 2.45) is 0 Å². The predicted octanol–water partition coefficient (Wildman–Crippen LogP) is 3.45. The van der Waals surface area contributed by atoms with E-state index in [9.17, 15) is 9.18 Å². The first-order valence-electron chi connectivity index (χ1n) is 5.67. The molecule has 0 radical (unpaired) electrons. The molecule has 0 saturated carbocycles. The third-order valence-electron chi connectivity index (χ3n) is 2.63. The minimum absolute atomic E-state index is 0.00623. The molecule has 0 aliphatic heterocycles. The van der Waals surface area contributed by atoms with Crippen molar-refractivity contribution < 1.29 is 19.0 Å². The Kier molecular flexibility index (Phi) is 4.24. The van der Waals surface area contributed by atoms with Gasteiger partial charge in [-0.25, -0.2) is 9.18 Å². The lowest BCUT2D eigenvalue weighted by atomic mass is 10.2. The quantitative estimate of drug-likeness (QED) is 0.837. The van der Waals surface area contributed by atoms with Crippen molar-refractivity contribution in [1.82, 2.24) is 0 Å². The van der Waals surface area contributed by atoms with E-state index in [-0.39, 0.29) is 17.9 Å². The molecule has 2 aromatic rings. The van der Waals surface area contributed by atoms with Crippen molar-refractivity contribution in [2.45, 2.75) is 6.61 Å². The molecule has 104 valence electrons. The number of benzene rings is 2. The van der Waals surface area contributed by atoms with Gasteiger partial charge in [0.05, 0.1) is 0 Å². The maximum Gasteiger partial charge on any atom is 0.339 e. The number of rotatable bonds is 4. The topological polar surface area (TPSA) is 72.6 Å². The van der Waals surface area contributed by atoms with Gasteiger partial charge in [-0.15, -0.1) is 0 Å². The van der Waals surface area contributed by atoms with Gasteiger partial charge in [0.2, 0.25) is 0 Å². The molecule has 2 rings (SSSR count). The summed E-state index contributed by atoms with van der Waals surface area (Å²) < 4.78 is 19.3. The van der Waals surface area contributed by atoms with Crippen LogP contribution < -0.4 is 10.5 Å². The fourth-order valence-corrected chi connectivity index (χ4v) is 2.01. The van der Waals surface area contributed by atoms with E-state index in [0.717, 1.165) is 0 Å². The van der Waals surface area contributed by atoms with Crippen LogP contribution >= 0.6 is 15.9 Å². The Hall–Kier alpha value is -2.08. The van der Waals surface area contributed by atoms with Gasteiger partial charge in [-0.3, -0.25) is 0 Å². The van der Waals surface area contributed by atoms with E-state index in [2.05, 4.69) is 15.9 Å². The smallest absolute Gasteiger partial charge is 0.339 e. The normalized spacial score (nSPS) is 10.3. The van der Waals surface area contributed by atoms with Gasteiger partial charge in [0.1, 0.15) is 23.7 Å². The van der Waals surface area contributed by atoms with Crippen molar-refractivity contribution in [3.05, 3.63) is 57.8 Å². The standard InChI is InChI=1S/C14H11BrFNO3/c15-12-4-1-9(16)5-8(12)7-20-13-6-10(17)2-3-11(13)14(18)19/h1-6H,7,17H2,(H,18,19). The molecule has 3 N–H and O–H groups in total. The van der Waals surface area contributed by atoms with E-state index < -0.39 is 11.8 Å². The molecular weight excluding hydrogens is 329 g/mol. The molecule has 0 bridgehead atoms. The van der Waals surface area contributed by atoms with Crippen LogP contribution in [0, 0.1) is 5.82 Å². The number of ether oxygens (including phenoxy) is 1. The van der Waals surface area contributed by atoms with Gasteiger partial charge in [0.25, 0.3) is 0 Å². The summed E-state index contributed by atoms with van der Waals surface area (Å²) in [4.78, 5) is 11.1. The molecule has 0 amide bonds. The molecule has 0 atom stereocenters. The Morgan fingerprint density at radius 2 is 2.05 bits per heavy atom. The molecule has 0 fully saturated rings. The Balaban J connectivity index is 2.24. The molecule has 20 heavy (non-hydrogen) atoms. The van der Waals surface area contributed by atoms with Crippen LogP contribution in [-0.2, 0) is 6.61 Å². The van der Waals surface area contributed by atoms with E-state index in [1.807, 2.05) is 0 Å². The zero-order valence-corrected chi connectivity index (χ0v) is 11.9. The number of carboxylic acid groups (broad SMARTS) is 1. The molecular formula is C14H11BrFNO3. The highest BCUT2D eigenvalue weighted by atomic mass is 79.9. The van der Waals surface area contributed by atoms with Crippen LogP contribution in [0.25, 0.3) is 0 Å². The van der Waals surface area contributed by atoms with Gasteiger partial charge in [0, 0.05) is 21.8 Å². The van der Waals surface area contributed by atoms with Gasteiger partial charge >= 0.3 is 5.97 Å². The molecule has 6 heteroatoms. The second-order valence-corrected chi connectivity index (χ2v) is 4.94. The summed E-state index contributed by atoms with van der Waals surface area (Å²) >= 11 is 3.28.